The van der Waals surface area contributed by atoms with Crippen molar-refractivity contribution in [3.63, 3.8) is 0 Å². The summed E-state index contributed by atoms with van der Waals surface area (Å²) in [4.78, 5) is 0. The zero-order valence-corrected chi connectivity index (χ0v) is 7.54. The first-order valence-corrected chi connectivity index (χ1v) is 3.89. The van der Waals surface area contributed by atoms with E-state index in [9.17, 15) is 4.39 Å². The molecule has 0 aliphatic carbocycles. The zero-order valence-electron chi connectivity index (χ0n) is 7.54. The van der Waals surface area contributed by atoms with E-state index in [0.29, 0.717) is 5.75 Å². The van der Waals surface area contributed by atoms with Crippen LogP contribution in [0.1, 0.15) is 13.8 Å². The monoisotopic (exact) mass is 179 g/mol. The van der Waals surface area contributed by atoms with Gasteiger partial charge in [0.25, 0.3) is 0 Å². The molecule has 0 saturated heterocycles. The predicted molar refractivity (Wildman–Crippen MR) is 46.7 cm³/mol. The van der Waals surface area contributed by atoms with Crippen molar-refractivity contribution >= 4 is 0 Å². The third-order valence-corrected chi connectivity index (χ3v) is 1.44. The van der Waals surface area contributed by atoms with Crippen LogP contribution in [0.5, 0.6) is 5.75 Å². The lowest BCUT2D eigenvalue weighted by Crippen LogP contribution is -2.25. The Balaban J connectivity index is 2.82. The maximum Gasteiger partial charge on any atom is 0.188 e. The van der Waals surface area contributed by atoms with Gasteiger partial charge in [-0.25, -0.2) is 4.39 Å². The molecule has 0 aliphatic rings. The second-order valence-electron chi connectivity index (χ2n) is 3.18. The van der Waals surface area contributed by atoms with E-state index in [1.165, 1.54) is 18.2 Å². The van der Waals surface area contributed by atoms with E-state index < -0.39 is 5.60 Å². The molecule has 0 heterocycles. The van der Waals surface area contributed by atoms with Gasteiger partial charge in [0.15, 0.2) is 5.60 Å². The van der Waals surface area contributed by atoms with Crippen molar-refractivity contribution in [2.24, 2.45) is 0 Å². The SMILES string of the molecule is CC(C)(C#N)Oc1cccc(F)c1. The van der Waals surface area contributed by atoms with Gasteiger partial charge in [0.2, 0.25) is 0 Å². The van der Waals surface area contributed by atoms with Crippen LogP contribution < -0.4 is 4.74 Å². The summed E-state index contributed by atoms with van der Waals surface area (Å²) in [5, 5.41) is 8.66. The van der Waals surface area contributed by atoms with E-state index in [-0.39, 0.29) is 5.82 Å². The average Bonchev–Trinajstić information content (AvgIpc) is 2.03. The normalized spacial score (nSPS) is 10.6. The van der Waals surface area contributed by atoms with E-state index in [1.54, 1.807) is 19.9 Å². The van der Waals surface area contributed by atoms with Gasteiger partial charge in [0.05, 0.1) is 0 Å². The Labute approximate surface area is 76.6 Å². The van der Waals surface area contributed by atoms with E-state index in [4.69, 9.17) is 10.00 Å². The molecule has 0 aromatic heterocycles. The maximum absolute atomic E-state index is 12.7. The molecule has 0 bridgehead atoms. The molecule has 0 saturated carbocycles. The molecule has 1 aromatic carbocycles. The summed E-state index contributed by atoms with van der Waals surface area (Å²) in [5.74, 6) is -0.00205. The van der Waals surface area contributed by atoms with Gasteiger partial charge in [-0.05, 0) is 26.0 Å². The number of nitrogens with zero attached hydrogens (tertiary/aromatic N) is 1. The second-order valence-corrected chi connectivity index (χ2v) is 3.18. The molecule has 1 aromatic rings. The van der Waals surface area contributed by atoms with E-state index in [1.807, 2.05) is 6.07 Å². The summed E-state index contributed by atoms with van der Waals surface area (Å²) in [6.45, 7) is 3.25. The molecule has 0 unspecified atom stereocenters. The van der Waals surface area contributed by atoms with Gasteiger partial charge in [-0.15, -0.1) is 0 Å². The number of nitriles is 1. The highest BCUT2D eigenvalue weighted by atomic mass is 19.1. The molecule has 2 nitrogen and oxygen atoms in total. The fraction of sp³-hybridized carbons (Fsp3) is 0.300. The summed E-state index contributed by atoms with van der Waals surface area (Å²) in [5.41, 5.74) is -0.923. The smallest absolute Gasteiger partial charge is 0.188 e. The molecule has 1 rings (SSSR count). The largest absolute Gasteiger partial charge is 0.473 e. The summed E-state index contributed by atoms with van der Waals surface area (Å²) in [7, 11) is 0. The van der Waals surface area contributed by atoms with Crippen LogP contribution in [-0.4, -0.2) is 5.60 Å². The molecule has 0 N–H and O–H groups in total. The van der Waals surface area contributed by atoms with E-state index in [0.717, 1.165) is 0 Å². The zero-order chi connectivity index (χ0) is 9.90. The minimum atomic E-state index is -0.923. The first kappa shape index (κ1) is 9.53. The topological polar surface area (TPSA) is 33.0 Å². The Morgan fingerprint density at radius 1 is 1.46 bits per heavy atom. The third-order valence-electron chi connectivity index (χ3n) is 1.44. The summed E-state index contributed by atoms with van der Waals surface area (Å²) >= 11 is 0. The Morgan fingerprint density at radius 3 is 2.69 bits per heavy atom. The quantitative estimate of drug-likeness (QED) is 0.698. The molecular formula is C10H10FNO. The number of hydrogen-bond donors (Lipinski definition) is 0. The van der Waals surface area contributed by atoms with Gasteiger partial charge >= 0.3 is 0 Å². The van der Waals surface area contributed by atoms with Crippen LogP contribution in [0.2, 0.25) is 0 Å². The van der Waals surface area contributed by atoms with Crippen molar-refractivity contribution in [1.82, 2.24) is 0 Å². The van der Waals surface area contributed by atoms with Crippen LogP contribution in [0.25, 0.3) is 0 Å². The van der Waals surface area contributed by atoms with Crippen LogP contribution in [0, 0.1) is 17.1 Å². The first-order chi connectivity index (χ1) is 6.03. The van der Waals surface area contributed by atoms with Crippen molar-refractivity contribution in [1.29, 1.82) is 5.26 Å². The van der Waals surface area contributed by atoms with Gasteiger partial charge < -0.3 is 4.74 Å². The van der Waals surface area contributed by atoms with Crippen LogP contribution in [0.3, 0.4) is 0 Å². The van der Waals surface area contributed by atoms with Gasteiger partial charge in [-0.3, -0.25) is 0 Å². The minimum Gasteiger partial charge on any atom is -0.473 e. The van der Waals surface area contributed by atoms with Gasteiger partial charge in [0, 0.05) is 6.07 Å². The fourth-order valence-corrected chi connectivity index (χ4v) is 0.848. The lowest BCUT2D eigenvalue weighted by Gasteiger charge is -2.17. The highest BCUT2D eigenvalue weighted by Gasteiger charge is 2.18. The first-order valence-electron chi connectivity index (χ1n) is 3.89. The molecule has 68 valence electrons. The van der Waals surface area contributed by atoms with Crippen molar-refractivity contribution in [2.75, 3.05) is 0 Å². The van der Waals surface area contributed by atoms with Crippen molar-refractivity contribution in [3.05, 3.63) is 30.1 Å². The van der Waals surface area contributed by atoms with Crippen molar-refractivity contribution < 1.29 is 9.13 Å². The molecule has 13 heavy (non-hydrogen) atoms. The molecule has 0 atom stereocenters. The average molecular weight is 179 g/mol. The molecule has 0 spiro atoms. The molecule has 0 aliphatic heterocycles. The number of ether oxygens (including phenoxy) is 1. The molecule has 0 fully saturated rings. The fourth-order valence-electron chi connectivity index (χ4n) is 0.848. The predicted octanol–water partition coefficient (Wildman–Crippen LogP) is 2.51. The van der Waals surface area contributed by atoms with Crippen LogP contribution >= 0.6 is 0 Å². The third kappa shape index (κ3) is 2.75. The highest BCUT2D eigenvalue weighted by molar-refractivity contribution is 5.24. The van der Waals surface area contributed by atoms with Crippen molar-refractivity contribution in [2.45, 2.75) is 19.4 Å². The Bertz CT molecular complexity index is 341. The second kappa shape index (κ2) is 3.44. The minimum absolute atomic E-state index is 0.367. The van der Waals surface area contributed by atoms with E-state index >= 15 is 0 Å². The van der Waals surface area contributed by atoms with Crippen LogP contribution in [0.4, 0.5) is 4.39 Å². The Kier molecular flexibility index (Phi) is 2.52. The number of benzene rings is 1. The summed E-state index contributed by atoms with van der Waals surface area (Å²) in [6.07, 6.45) is 0. The van der Waals surface area contributed by atoms with Crippen LogP contribution in [0.15, 0.2) is 24.3 Å². The highest BCUT2D eigenvalue weighted by Crippen LogP contribution is 2.18. The lowest BCUT2D eigenvalue weighted by atomic mass is 10.2. The van der Waals surface area contributed by atoms with Gasteiger partial charge in [-0.2, -0.15) is 5.26 Å². The lowest BCUT2D eigenvalue weighted by molar-refractivity contribution is 0.169. The molecular weight excluding hydrogens is 169 g/mol. The van der Waals surface area contributed by atoms with E-state index in [2.05, 4.69) is 0 Å². The van der Waals surface area contributed by atoms with Crippen molar-refractivity contribution in [3.8, 4) is 11.8 Å². The molecule has 0 amide bonds. The number of hydrogen-bond acceptors (Lipinski definition) is 2. The summed E-state index contributed by atoms with van der Waals surface area (Å²) < 4.78 is 17.9. The van der Waals surface area contributed by atoms with Crippen LogP contribution in [-0.2, 0) is 0 Å². The molecule has 0 radical (unpaired) electrons. The standard InChI is InChI=1S/C10H10FNO/c1-10(2,7-12)13-9-5-3-4-8(11)6-9/h3-6H,1-2H3. The van der Waals surface area contributed by atoms with Gasteiger partial charge in [-0.1, -0.05) is 6.07 Å². The van der Waals surface area contributed by atoms with Gasteiger partial charge in [0.1, 0.15) is 17.6 Å². The Morgan fingerprint density at radius 2 is 2.15 bits per heavy atom. The summed E-state index contributed by atoms with van der Waals surface area (Å²) in [6, 6.07) is 7.69. The number of rotatable bonds is 2. The maximum atomic E-state index is 12.7. The Hall–Kier alpha value is -1.56. The molecule has 3 heteroatoms. The number of halogens is 1.